The van der Waals surface area contributed by atoms with Crippen molar-refractivity contribution in [2.24, 2.45) is 5.41 Å². The molecule has 0 radical (unpaired) electrons. The number of amides is 2. The number of ether oxygens (including phenoxy) is 1. The molecule has 5 nitrogen and oxygen atoms in total. The van der Waals surface area contributed by atoms with Gasteiger partial charge in [0.2, 0.25) is 0 Å². The third kappa shape index (κ3) is 3.90. The lowest BCUT2D eigenvalue weighted by Gasteiger charge is -2.33. The third-order valence-electron chi connectivity index (χ3n) is 4.96. The largest absolute Gasteiger partial charge is 0.497 e. The molecule has 1 spiro atoms. The zero-order valence-corrected chi connectivity index (χ0v) is 14.7. The minimum Gasteiger partial charge on any atom is -0.497 e. The quantitative estimate of drug-likeness (QED) is 0.870. The summed E-state index contributed by atoms with van der Waals surface area (Å²) < 4.78 is 5.20. The SMILES string of the molecule is COc1ccc(NC(=O)N2CCC3(CCCNC3)C2)c(C)c1.Cl. The molecule has 23 heavy (non-hydrogen) atoms. The van der Waals surface area contributed by atoms with Gasteiger partial charge in [0.25, 0.3) is 0 Å². The number of aryl methyl sites for hydroxylation is 1. The highest BCUT2D eigenvalue weighted by atomic mass is 35.5. The van der Waals surface area contributed by atoms with Gasteiger partial charge < -0.3 is 20.3 Å². The summed E-state index contributed by atoms with van der Waals surface area (Å²) in [7, 11) is 1.65. The van der Waals surface area contributed by atoms with Gasteiger partial charge in [-0.25, -0.2) is 4.79 Å². The van der Waals surface area contributed by atoms with E-state index >= 15 is 0 Å². The minimum absolute atomic E-state index is 0. The van der Waals surface area contributed by atoms with Gasteiger partial charge in [-0.2, -0.15) is 0 Å². The van der Waals surface area contributed by atoms with Crippen LogP contribution in [0.4, 0.5) is 10.5 Å². The summed E-state index contributed by atoms with van der Waals surface area (Å²) in [5.74, 6) is 0.809. The van der Waals surface area contributed by atoms with Crippen LogP contribution in [0, 0.1) is 12.3 Å². The highest BCUT2D eigenvalue weighted by Crippen LogP contribution is 2.36. The first-order valence-corrected chi connectivity index (χ1v) is 8.03. The summed E-state index contributed by atoms with van der Waals surface area (Å²) in [6.45, 7) is 5.84. The van der Waals surface area contributed by atoms with E-state index in [1.165, 1.54) is 12.8 Å². The first-order chi connectivity index (χ1) is 10.6. The molecule has 2 heterocycles. The Morgan fingerprint density at radius 3 is 2.87 bits per heavy atom. The van der Waals surface area contributed by atoms with E-state index in [4.69, 9.17) is 4.74 Å². The molecule has 0 bridgehead atoms. The Bertz CT molecular complexity index is 559. The van der Waals surface area contributed by atoms with Crippen LogP contribution in [0.15, 0.2) is 18.2 Å². The topological polar surface area (TPSA) is 53.6 Å². The van der Waals surface area contributed by atoms with Gasteiger partial charge in [0.1, 0.15) is 5.75 Å². The smallest absolute Gasteiger partial charge is 0.321 e. The average Bonchev–Trinajstić information content (AvgIpc) is 2.93. The third-order valence-corrected chi connectivity index (χ3v) is 4.96. The van der Waals surface area contributed by atoms with E-state index in [1.807, 2.05) is 30.0 Å². The number of piperidine rings is 1. The lowest BCUT2D eigenvalue weighted by atomic mass is 9.80. The number of nitrogens with zero attached hydrogens (tertiary/aromatic N) is 1. The maximum Gasteiger partial charge on any atom is 0.321 e. The molecular weight excluding hydrogens is 314 g/mol. The second kappa shape index (κ2) is 7.41. The van der Waals surface area contributed by atoms with Crippen LogP contribution in [0.3, 0.4) is 0 Å². The Morgan fingerprint density at radius 1 is 1.39 bits per heavy atom. The van der Waals surface area contributed by atoms with E-state index < -0.39 is 0 Å². The number of likely N-dealkylation sites (tertiary alicyclic amines) is 1. The highest BCUT2D eigenvalue weighted by Gasteiger charge is 2.40. The molecule has 0 aromatic heterocycles. The van der Waals surface area contributed by atoms with Crippen molar-refractivity contribution >= 4 is 24.1 Å². The molecule has 2 fully saturated rings. The molecule has 2 aliphatic heterocycles. The van der Waals surface area contributed by atoms with Crippen molar-refractivity contribution < 1.29 is 9.53 Å². The average molecular weight is 340 g/mol. The van der Waals surface area contributed by atoms with Crippen LogP contribution in [-0.4, -0.2) is 44.2 Å². The maximum absolute atomic E-state index is 12.5. The first-order valence-electron chi connectivity index (χ1n) is 8.03. The van der Waals surface area contributed by atoms with Gasteiger partial charge in [-0.15, -0.1) is 12.4 Å². The molecule has 2 amide bonds. The molecule has 3 rings (SSSR count). The molecule has 1 atom stereocenters. The van der Waals surface area contributed by atoms with Crippen LogP contribution < -0.4 is 15.4 Å². The Labute approximate surface area is 144 Å². The van der Waals surface area contributed by atoms with Crippen LogP contribution in [-0.2, 0) is 0 Å². The fraction of sp³-hybridized carbons (Fsp3) is 0.588. The van der Waals surface area contributed by atoms with E-state index in [1.54, 1.807) is 7.11 Å². The van der Waals surface area contributed by atoms with Crippen LogP contribution in [0.1, 0.15) is 24.8 Å². The standard InChI is InChI=1S/C17H25N3O2.ClH/c1-13-10-14(22-2)4-5-15(13)19-16(21)20-9-7-17(12-20)6-3-8-18-11-17;/h4-5,10,18H,3,6-9,11-12H2,1-2H3,(H,19,21);1H. The first kappa shape index (κ1) is 17.9. The van der Waals surface area contributed by atoms with E-state index in [-0.39, 0.29) is 18.4 Å². The Balaban J connectivity index is 0.00000192. The lowest BCUT2D eigenvalue weighted by Crippen LogP contribution is -2.43. The molecule has 2 saturated heterocycles. The number of methoxy groups -OCH3 is 1. The zero-order valence-electron chi connectivity index (χ0n) is 13.9. The second-order valence-corrected chi connectivity index (χ2v) is 6.56. The van der Waals surface area contributed by atoms with E-state index in [0.717, 1.165) is 49.6 Å². The normalized spacial score (nSPS) is 23.5. The van der Waals surface area contributed by atoms with Gasteiger partial charge in [-0.3, -0.25) is 0 Å². The number of halogens is 1. The predicted molar refractivity (Wildman–Crippen MR) is 94.7 cm³/mol. The number of carbonyl (C=O) groups is 1. The Kier molecular flexibility index (Phi) is 5.76. The minimum atomic E-state index is 0. The summed E-state index contributed by atoms with van der Waals surface area (Å²) in [4.78, 5) is 14.5. The van der Waals surface area contributed by atoms with Crippen LogP contribution >= 0.6 is 12.4 Å². The van der Waals surface area contributed by atoms with Crippen molar-refractivity contribution in [3.63, 3.8) is 0 Å². The van der Waals surface area contributed by atoms with Crippen LogP contribution in [0.2, 0.25) is 0 Å². The molecule has 0 saturated carbocycles. The molecular formula is C17H26ClN3O2. The second-order valence-electron chi connectivity index (χ2n) is 6.56. The zero-order chi connectivity index (χ0) is 15.6. The maximum atomic E-state index is 12.5. The predicted octanol–water partition coefficient (Wildman–Crippen LogP) is 3.03. The number of anilines is 1. The molecule has 128 valence electrons. The molecule has 1 unspecified atom stereocenters. The monoisotopic (exact) mass is 339 g/mol. The van der Waals surface area contributed by atoms with Crippen LogP contribution in [0.25, 0.3) is 0 Å². The summed E-state index contributed by atoms with van der Waals surface area (Å²) in [5.41, 5.74) is 2.17. The summed E-state index contributed by atoms with van der Waals surface area (Å²) in [6.07, 6.45) is 3.55. The van der Waals surface area contributed by atoms with Crippen molar-refractivity contribution in [1.82, 2.24) is 10.2 Å². The number of nitrogens with one attached hydrogen (secondary N) is 2. The molecule has 2 aliphatic rings. The summed E-state index contributed by atoms with van der Waals surface area (Å²) >= 11 is 0. The van der Waals surface area contributed by atoms with Crippen molar-refractivity contribution in [1.29, 1.82) is 0 Å². The fourth-order valence-corrected chi connectivity index (χ4v) is 3.58. The molecule has 2 N–H and O–H groups in total. The van der Waals surface area contributed by atoms with Crippen molar-refractivity contribution in [2.45, 2.75) is 26.2 Å². The number of hydrogen-bond acceptors (Lipinski definition) is 3. The van der Waals surface area contributed by atoms with E-state index in [2.05, 4.69) is 10.6 Å². The summed E-state index contributed by atoms with van der Waals surface area (Å²) in [5, 5.41) is 6.51. The number of rotatable bonds is 2. The van der Waals surface area contributed by atoms with Crippen molar-refractivity contribution in [2.75, 3.05) is 38.6 Å². The van der Waals surface area contributed by atoms with Gasteiger partial charge in [-0.1, -0.05) is 0 Å². The highest BCUT2D eigenvalue weighted by molar-refractivity contribution is 5.90. The number of urea groups is 1. The number of hydrogen-bond donors (Lipinski definition) is 2. The summed E-state index contributed by atoms with van der Waals surface area (Å²) in [6, 6.07) is 5.72. The van der Waals surface area contributed by atoms with Gasteiger partial charge in [0.15, 0.2) is 0 Å². The van der Waals surface area contributed by atoms with Gasteiger partial charge >= 0.3 is 6.03 Å². The molecule has 0 aliphatic carbocycles. The molecule has 1 aromatic carbocycles. The lowest BCUT2D eigenvalue weighted by molar-refractivity contribution is 0.195. The number of benzene rings is 1. The van der Waals surface area contributed by atoms with Crippen molar-refractivity contribution in [3.05, 3.63) is 23.8 Å². The number of carbonyl (C=O) groups excluding carboxylic acids is 1. The van der Waals surface area contributed by atoms with E-state index in [0.29, 0.717) is 5.41 Å². The van der Waals surface area contributed by atoms with Crippen molar-refractivity contribution in [3.8, 4) is 5.75 Å². The van der Waals surface area contributed by atoms with Crippen LogP contribution in [0.5, 0.6) is 5.75 Å². The van der Waals surface area contributed by atoms with Gasteiger partial charge in [-0.05, 0) is 56.5 Å². The fourth-order valence-electron chi connectivity index (χ4n) is 3.58. The van der Waals surface area contributed by atoms with E-state index in [9.17, 15) is 4.79 Å². The Morgan fingerprint density at radius 2 is 2.22 bits per heavy atom. The molecule has 1 aromatic rings. The van der Waals surface area contributed by atoms with Gasteiger partial charge in [0, 0.05) is 30.7 Å². The van der Waals surface area contributed by atoms with Gasteiger partial charge in [0.05, 0.1) is 7.11 Å². The molecule has 6 heteroatoms. The Hall–Kier alpha value is -1.46.